The van der Waals surface area contributed by atoms with E-state index in [1.807, 2.05) is 0 Å². The molecule has 0 saturated heterocycles. The summed E-state index contributed by atoms with van der Waals surface area (Å²) in [5.74, 6) is 0. The average molecular weight is 407 g/mol. The van der Waals surface area contributed by atoms with Gasteiger partial charge in [0.05, 0.1) is 5.41 Å². The molecule has 0 bridgehead atoms. The summed E-state index contributed by atoms with van der Waals surface area (Å²) in [6.07, 6.45) is 0. The predicted octanol–water partition coefficient (Wildman–Crippen LogP) is 5.05. The van der Waals surface area contributed by atoms with Crippen molar-refractivity contribution in [3.05, 3.63) is 112 Å². The molecule has 0 amide bonds. The Morgan fingerprint density at radius 2 is 1.07 bits per heavy atom. The van der Waals surface area contributed by atoms with Gasteiger partial charge in [-0.15, -0.1) is 0 Å². The van der Waals surface area contributed by atoms with E-state index in [2.05, 4.69) is 109 Å². The molecule has 4 aromatic rings. The fourth-order valence-corrected chi connectivity index (χ4v) is 5.95. The van der Waals surface area contributed by atoms with E-state index in [0.717, 1.165) is 0 Å². The lowest BCUT2D eigenvalue weighted by molar-refractivity contribution is 0.794. The lowest BCUT2D eigenvalue weighted by atomic mass is 9.70. The summed E-state index contributed by atoms with van der Waals surface area (Å²) in [5, 5.41) is 0. The molecule has 0 radical (unpaired) electrons. The first kappa shape index (κ1) is 15.5. The lowest BCUT2D eigenvalue weighted by Gasteiger charge is -2.30. The number of hydrogen-bond donors (Lipinski definition) is 0. The fourth-order valence-electron chi connectivity index (χ4n) is 5.37. The third-order valence-corrected chi connectivity index (χ3v) is 6.96. The molecule has 1 unspecified atom stereocenters. The summed E-state index contributed by atoms with van der Waals surface area (Å²) in [4.78, 5) is 0. The van der Waals surface area contributed by atoms with Crippen LogP contribution in [-0.2, 0) is 5.41 Å². The van der Waals surface area contributed by atoms with Gasteiger partial charge in [-0.3, -0.25) is 0 Å². The zero-order valence-electron chi connectivity index (χ0n) is 15.0. The van der Waals surface area contributed by atoms with Crippen LogP contribution in [0.2, 0.25) is 0 Å². The molecule has 0 nitrogen and oxygen atoms in total. The second kappa shape index (κ2) is 5.24. The van der Waals surface area contributed by atoms with E-state index in [0.29, 0.717) is 0 Å². The van der Waals surface area contributed by atoms with E-state index >= 15 is 0 Å². The predicted molar refractivity (Wildman–Crippen MR) is 119 cm³/mol. The van der Waals surface area contributed by atoms with Crippen molar-refractivity contribution in [2.24, 2.45) is 0 Å². The summed E-state index contributed by atoms with van der Waals surface area (Å²) in [5.41, 5.74) is 12.1. The van der Waals surface area contributed by atoms with Crippen molar-refractivity contribution in [3.63, 3.8) is 0 Å². The van der Waals surface area contributed by atoms with Gasteiger partial charge < -0.3 is 0 Å². The molecule has 6 rings (SSSR count). The summed E-state index contributed by atoms with van der Waals surface area (Å²) >= 11 is 3.84. The Morgan fingerprint density at radius 3 is 1.78 bits per heavy atom. The molecule has 2 aliphatic carbocycles. The molecule has 0 aromatic heterocycles. The number of benzene rings is 4. The highest BCUT2D eigenvalue weighted by molar-refractivity contribution is 9.10. The maximum absolute atomic E-state index is 3.84. The topological polar surface area (TPSA) is 0 Å². The fraction of sp³-hybridized carbons (Fsp3) is 0.0400. The molecular weight excluding hydrogens is 391 g/mol. The van der Waals surface area contributed by atoms with Crippen molar-refractivity contribution in [2.75, 3.05) is 0 Å². The molecule has 1 spiro atoms. The number of halogens is 1. The van der Waals surface area contributed by atoms with Gasteiger partial charge in [-0.2, -0.15) is 0 Å². The Balaban J connectivity index is 1.90. The van der Waals surface area contributed by atoms with Crippen molar-refractivity contribution in [1.29, 1.82) is 0 Å². The SMILES string of the molecule is Bc1cccc2c1-c1ccccc1C21c2ccccc2-c2c(Br)cccc21. The van der Waals surface area contributed by atoms with Gasteiger partial charge in [-0.25, -0.2) is 0 Å². The first-order valence-corrected chi connectivity index (χ1v) is 10.1. The first-order valence-electron chi connectivity index (χ1n) is 9.33. The highest BCUT2D eigenvalue weighted by Gasteiger charge is 2.52. The molecule has 0 fully saturated rings. The van der Waals surface area contributed by atoms with E-state index in [9.17, 15) is 0 Å². The maximum Gasteiger partial charge on any atom is 0.140 e. The third-order valence-electron chi connectivity index (χ3n) is 6.30. The van der Waals surface area contributed by atoms with Crippen molar-refractivity contribution >= 4 is 29.2 Å². The van der Waals surface area contributed by atoms with E-state index in [1.54, 1.807) is 0 Å². The quantitative estimate of drug-likeness (QED) is 0.309. The minimum Gasteiger partial charge on any atom is -0.0809 e. The van der Waals surface area contributed by atoms with E-state index in [4.69, 9.17) is 0 Å². The second-order valence-corrected chi connectivity index (χ2v) is 8.36. The Kier molecular flexibility index (Phi) is 3.00. The highest BCUT2D eigenvalue weighted by Crippen LogP contribution is 2.63. The van der Waals surface area contributed by atoms with Crippen LogP contribution in [0.25, 0.3) is 22.3 Å². The Labute approximate surface area is 168 Å². The normalized spacial score (nSPS) is 18.1. The standard InChI is InChI=1S/C25H16BBr/c26-21-13-5-11-19-23(21)15-7-1-3-9-17(15)25(19)18-10-4-2-8-16(18)24-20(25)12-6-14-22(24)27/h1-14H,26H2. The number of rotatable bonds is 0. The zero-order chi connectivity index (χ0) is 18.2. The van der Waals surface area contributed by atoms with Crippen LogP contribution in [0.4, 0.5) is 0 Å². The van der Waals surface area contributed by atoms with Gasteiger partial charge in [0, 0.05) is 10.0 Å². The highest BCUT2D eigenvalue weighted by atomic mass is 79.9. The monoisotopic (exact) mass is 406 g/mol. The van der Waals surface area contributed by atoms with Gasteiger partial charge in [0.1, 0.15) is 7.85 Å². The molecule has 2 aliphatic rings. The van der Waals surface area contributed by atoms with Crippen LogP contribution in [0.3, 0.4) is 0 Å². The summed E-state index contributed by atoms with van der Waals surface area (Å²) in [6, 6.07) is 31.3. The van der Waals surface area contributed by atoms with Gasteiger partial charge in [0.15, 0.2) is 0 Å². The van der Waals surface area contributed by atoms with Gasteiger partial charge in [-0.1, -0.05) is 100 Å². The van der Waals surface area contributed by atoms with Crippen molar-refractivity contribution < 1.29 is 0 Å². The molecule has 27 heavy (non-hydrogen) atoms. The Bertz CT molecular complexity index is 1160. The minimum atomic E-state index is -0.229. The van der Waals surface area contributed by atoms with Crippen LogP contribution in [0.1, 0.15) is 22.3 Å². The van der Waals surface area contributed by atoms with Crippen LogP contribution in [0, 0.1) is 0 Å². The molecule has 1 atom stereocenters. The average Bonchev–Trinajstić information content (AvgIpc) is 3.17. The molecule has 0 N–H and O–H groups in total. The molecule has 0 heterocycles. The van der Waals surface area contributed by atoms with Gasteiger partial charge in [0.25, 0.3) is 0 Å². The molecule has 4 aromatic carbocycles. The number of fused-ring (bicyclic) bond motifs is 10. The lowest BCUT2D eigenvalue weighted by Crippen LogP contribution is -2.26. The van der Waals surface area contributed by atoms with Gasteiger partial charge in [0.2, 0.25) is 0 Å². The number of hydrogen-bond acceptors (Lipinski definition) is 0. The van der Waals surface area contributed by atoms with Gasteiger partial charge >= 0.3 is 0 Å². The van der Waals surface area contributed by atoms with Crippen LogP contribution < -0.4 is 5.46 Å². The molecular formula is C25H16BBr. The van der Waals surface area contributed by atoms with Crippen molar-refractivity contribution in [2.45, 2.75) is 5.41 Å². The first-order chi connectivity index (χ1) is 13.2. The van der Waals surface area contributed by atoms with Gasteiger partial charge in [-0.05, 0) is 45.0 Å². The minimum absolute atomic E-state index is 0.229. The van der Waals surface area contributed by atoms with Crippen LogP contribution in [0.5, 0.6) is 0 Å². The second-order valence-electron chi connectivity index (χ2n) is 7.50. The molecule has 2 heteroatoms. The zero-order valence-corrected chi connectivity index (χ0v) is 16.5. The summed E-state index contributed by atoms with van der Waals surface area (Å²) in [6.45, 7) is 0. The van der Waals surface area contributed by atoms with Crippen molar-refractivity contribution in [1.82, 2.24) is 0 Å². The van der Waals surface area contributed by atoms with Crippen LogP contribution in [0.15, 0.2) is 89.4 Å². The van der Waals surface area contributed by atoms with E-state index in [1.165, 1.54) is 54.4 Å². The van der Waals surface area contributed by atoms with Crippen LogP contribution in [-0.4, -0.2) is 7.85 Å². The van der Waals surface area contributed by atoms with E-state index < -0.39 is 0 Å². The Hall–Kier alpha value is -2.58. The molecule has 126 valence electrons. The Morgan fingerprint density at radius 1 is 0.556 bits per heavy atom. The molecule has 0 aliphatic heterocycles. The maximum atomic E-state index is 3.84. The van der Waals surface area contributed by atoms with Crippen LogP contribution >= 0.6 is 15.9 Å². The summed E-state index contributed by atoms with van der Waals surface area (Å²) < 4.78 is 1.17. The third kappa shape index (κ3) is 1.70. The summed E-state index contributed by atoms with van der Waals surface area (Å²) in [7, 11) is 2.23. The van der Waals surface area contributed by atoms with Crippen molar-refractivity contribution in [3.8, 4) is 22.3 Å². The van der Waals surface area contributed by atoms with E-state index in [-0.39, 0.29) is 5.41 Å². The smallest absolute Gasteiger partial charge is 0.0809 e. The largest absolute Gasteiger partial charge is 0.140 e. The molecule has 0 saturated carbocycles.